The lowest BCUT2D eigenvalue weighted by Crippen LogP contribution is -2.32. The van der Waals surface area contributed by atoms with E-state index >= 15 is 0 Å². The normalized spacial score (nSPS) is 26.2. The maximum atomic E-state index is 10.4. The van der Waals surface area contributed by atoms with Gasteiger partial charge in [0.1, 0.15) is 0 Å². The predicted octanol–water partition coefficient (Wildman–Crippen LogP) is 4.33. The summed E-state index contributed by atoms with van der Waals surface area (Å²) in [5.41, 5.74) is -0.694. The third kappa shape index (κ3) is 5.07. The Balaban J connectivity index is 1.56. The molecule has 0 bridgehead atoms. The SMILES string of the molecule is OC1(CCCCCC2(O)CCCCC2)CCCCC1. The molecule has 0 amide bonds. The Hall–Kier alpha value is -0.0800. The summed E-state index contributed by atoms with van der Waals surface area (Å²) in [5.74, 6) is 0. The van der Waals surface area contributed by atoms with Gasteiger partial charge in [-0.15, -0.1) is 0 Å². The van der Waals surface area contributed by atoms with Crippen LogP contribution in [0.25, 0.3) is 0 Å². The van der Waals surface area contributed by atoms with Gasteiger partial charge in [0.2, 0.25) is 0 Å². The Morgan fingerprint density at radius 3 is 1.26 bits per heavy atom. The van der Waals surface area contributed by atoms with Crippen molar-refractivity contribution >= 4 is 0 Å². The second-order valence-electron chi connectivity index (χ2n) is 7.13. The lowest BCUT2D eigenvalue weighted by atomic mass is 9.79. The van der Waals surface area contributed by atoms with Crippen LogP contribution in [0.2, 0.25) is 0 Å². The van der Waals surface area contributed by atoms with Crippen LogP contribution in [-0.2, 0) is 0 Å². The Kier molecular flexibility index (Phi) is 5.70. The summed E-state index contributed by atoms with van der Waals surface area (Å²) >= 11 is 0. The lowest BCUT2D eigenvalue weighted by molar-refractivity contribution is -0.0117. The van der Waals surface area contributed by atoms with Crippen LogP contribution in [0.3, 0.4) is 0 Å². The first kappa shape index (κ1) is 15.3. The molecule has 0 aromatic carbocycles. The molecule has 2 nitrogen and oxygen atoms in total. The van der Waals surface area contributed by atoms with E-state index in [-0.39, 0.29) is 11.2 Å². The van der Waals surface area contributed by atoms with Gasteiger partial charge < -0.3 is 10.2 Å². The molecule has 19 heavy (non-hydrogen) atoms. The van der Waals surface area contributed by atoms with E-state index in [0.29, 0.717) is 0 Å². The van der Waals surface area contributed by atoms with Crippen molar-refractivity contribution in [2.45, 2.75) is 108 Å². The molecular formula is C17H32O2. The summed E-state index contributed by atoms with van der Waals surface area (Å²) in [7, 11) is 0. The van der Waals surface area contributed by atoms with Crippen molar-refractivity contribution < 1.29 is 10.2 Å². The molecule has 0 aromatic rings. The van der Waals surface area contributed by atoms with Crippen LogP contribution >= 0.6 is 0 Å². The lowest BCUT2D eigenvalue weighted by Gasteiger charge is -2.33. The predicted molar refractivity (Wildman–Crippen MR) is 79.2 cm³/mol. The molecule has 2 fully saturated rings. The van der Waals surface area contributed by atoms with Crippen molar-refractivity contribution in [2.24, 2.45) is 0 Å². The van der Waals surface area contributed by atoms with Gasteiger partial charge >= 0.3 is 0 Å². The van der Waals surface area contributed by atoms with Crippen molar-refractivity contribution in [2.75, 3.05) is 0 Å². The van der Waals surface area contributed by atoms with E-state index in [1.807, 2.05) is 0 Å². The van der Waals surface area contributed by atoms with Crippen LogP contribution in [0.4, 0.5) is 0 Å². The van der Waals surface area contributed by atoms with Crippen LogP contribution in [0, 0.1) is 0 Å². The van der Waals surface area contributed by atoms with Crippen molar-refractivity contribution in [3.05, 3.63) is 0 Å². The molecule has 112 valence electrons. The van der Waals surface area contributed by atoms with E-state index in [2.05, 4.69) is 0 Å². The minimum atomic E-state index is -0.347. The molecule has 2 N–H and O–H groups in total. The van der Waals surface area contributed by atoms with E-state index in [0.717, 1.165) is 51.4 Å². The molecule has 0 saturated heterocycles. The van der Waals surface area contributed by atoms with Crippen LogP contribution in [0.5, 0.6) is 0 Å². The van der Waals surface area contributed by atoms with Gasteiger partial charge in [-0.1, -0.05) is 57.8 Å². The zero-order chi connectivity index (χ0) is 13.6. The fourth-order valence-electron chi connectivity index (χ4n) is 4.00. The van der Waals surface area contributed by atoms with E-state index in [1.165, 1.54) is 44.9 Å². The van der Waals surface area contributed by atoms with Crippen molar-refractivity contribution in [1.82, 2.24) is 0 Å². The number of aliphatic hydroxyl groups is 2. The number of hydrogen-bond donors (Lipinski definition) is 2. The quantitative estimate of drug-likeness (QED) is 0.704. The van der Waals surface area contributed by atoms with Gasteiger partial charge in [0.15, 0.2) is 0 Å². The van der Waals surface area contributed by atoms with Crippen LogP contribution in [0.15, 0.2) is 0 Å². The van der Waals surface area contributed by atoms with Gasteiger partial charge in [-0.05, 0) is 38.5 Å². The highest BCUT2D eigenvalue weighted by molar-refractivity contribution is 4.83. The molecule has 2 aliphatic carbocycles. The minimum Gasteiger partial charge on any atom is -0.390 e. The van der Waals surface area contributed by atoms with E-state index in [1.54, 1.807) is 0 Å². The average Bonchev–Trinajstić information content (AvgIpc) is 2.40. The molecule has 0 unspecified atom stereocenters. The summed E-state index contributed by atoms with van der Waals surface area (Å²) in [5, 5.41) is 20.8. The van der Waals surface area contributed by atoms with E-state index in [9.17, 15) is 10.2 Å². The summed E-state index contributed by atoms with van der Waals surface area (Å²) in [6, 6.07) is 0. The van der Waals surface area contributed by atoms with Crippen molar-refractivity contribution in [3.63, 3.8) is 0 Å². The van der Waals surface area contributed by atoms with E-state index < -0.39 is 0 Å². The zero-order valence-electron chi connectivity index (χ0n) is 12.5. The van der Waals surface area contributed by atoms with Gasteiger partial charge in [0.05, 0.1) is 11.2 Å². The largest absolute Gasteiger partial charge is 0.390 e. The van der Waals surface area contributed by atoms with Gasteiger partial charge in [0, 0.05) is 0 Å². The summed E-state index contributed by atoms with van der Waals surface area (Å²) in [4.78, 5) is 0. The molecule has 0 aliphatic heterocycles. The average molecular weight is 268 g/mol. The minimum absolute atomic E-state index is 0.347. The Bertz CT molecular complexity index is 224. The first-order valence-corrected chi connectivity index (χ1v) is 8.57. The molecule has 0 spiro atoms. The molecule has 2 saturated carbocycles. The number of rotatable bonds is 6. The van der Waals surface area contributed by atoms with Gasteiger partial charge in [-0.3, -0.25) is 0 Å². The smallest absolute Gasteiger partial charge is 0.0647 e. The highest BCUT2D eigenvalue weighted by Crippen LogP contribution is 2.34. The fraction of sp³-hybridized carbons (Fsp3) is 1.00. The topological polar surface area (TPSA) is 40.5 Å². The Morgan fingerprint density at radius 1 is 0.526 bits per heavy atom. The van der Waals surface area contributed by atoms with Gasteiger partial charge in [-0.25, -0.2) is 0 Å². The molecule has 0 heterocycles. The maximum Gasteiger partial charge on any atom is 0.0647 e. The second-order valence-corrected chi connectivity index (χ2v) is 7.13. The van der Waals surface area contributed by atoms with Crippen LogP contribution in [0.1, 0.15) is 96.3 Å². The highest BCUT2D eigenvalue weighted by Gasteiger charge is 2.30. The maximum absolute atomic E-state index is 10.4. The first-order chi connectivity index (χ1) is 9.12. The fourth-order valence-corrected chi connectivity index (χ4v) is 4.00. The number of hydrogen-bond acceptors (Lipinski definition) is 2. The molecular weight excluding hydrogens is 236 g/mol. The number of unbranched alkanes of at least 4 members (excludes halogenated alkanes) is 2. The third-order valence-corrected chi connectivity index (χ3v) is 5.35. The van der Waals surface area contributed by atoms with Crippen LogP contribution < -0.4 is 0 Å². The molecule has 2 aliphatic rings. The molecule has 0 aromatic heterocycles. The van der Waals surface area contributed by atoms with Crippen LogP contribution in [-0.4, -0.2) is 21.4 Å². The molecule has 0 atom stereocenters. The first-order valence-electron chi connectivity index (χ1n) is 8.57. The van der Waals surface area contributed by atoms with Crippen molar-refractivity contribution in [3.8, 4) is 0 Å². The summed E-state index contributed by atoms with van der Waals surface area (Å²) in [6.45, 7) is 0. The molecule has 0 radical (unpaired) electrons. The van der Waals surface area contributed by atoms with E-state index in [4.69, 9.17) is 0 Å². The van der Waals surface area contributed by atoms with Crippen molar-refractivity contribution in [1.29, 1.82) is 0 Å². The molecule has 2 rings (SSSR count). The van der Waals surface area contributed by atoms with Gasteiger partial charge in [0.25, 0.3) is 0 Å². The Labute approximate surface area is 118 Å². The Morgan fingerprint density at radius 2 is 0.895 bits per heavy atom. The zero-order valence-corrected chi connectivity index (χ0v) is 12.5. The third-order valence-electron chi connectivity index (χ3n) is 5.35. The second kappa shape index (κ2) is 7.08. The highest BCUT2D eigenvalue weighted by atomic mass is 16.3. The standard InChI is InChI=1S/C17H32O2/c18-16(10-4-1-5-11-16)14-8-3-9-15-17(19)12-6-2-7-13-17/h18-19H,1-15H2. The summed E-state index contributed by atoms with van der Waals surface area (Å²) < 4.78 is 0. The van der Waals surface area contributed by atoms with Gasteiger partial charge in [-0.2, -0.15) is 0 Å². The monoisotopic (exact) mass is 268 g/mol. The summed E-state index contributed by atoms with van der Waals surface area (Å²) in [6.07, 6.45) is 16.9. The molecule has 2 heteroatoms.